The van der Waals surface area contributed by atoms with E-state index in [4.69, 9.17) is 10.4 Å². The van der Waals surface area contributed by atoms with Gasteiger partial charge < -0.3 is 21.0 Å². The normalized spacial score (nSPS) is 11.3. The van der Waals surface area contributed by atoms with Gasteiger partial charge in [0.1, 0.15) is 11.4 Å². The number of pyridine rings is 2. The molecule has 0 aliphatic carbocycles. The summed E-state index contributed by atoms with van der Waals surface area (Å²) in [5.41, 5.74) is 4.33. The van der Waals surface area contributed by atoms with Gasteiger partial charge >= 0.3 is 0 Å². The fourth-order valence-electron chi connectivity index (χ4n) is 2.02. The number of nitrogens with one attached hydrogen (secondary N) is 2. The Balaban J connectivity index is 0.000000483. The maximum atomic E-state index is 8.54. The largest absolute Gasteiger partial charge is 0.411 e. The summed E-state index contributed by atoms with van der Waals surface area (Å²) in [6.45, 7) is 4.86. The molecule has 9 heteroatoms. The summed E-state index contributed by atoms with van der Waals surface area (Å²) in [6.07, 6.45) is 0. The molecule has 8 nitrogen and oxygen atoms in total. The van der Waals surface area contributed by atoms with Crippen LogP contribution in [0.15, 0.2) is 46.7 Å². The van der Waals surface area contributed by atoms with E-state index in [0.717, 1.165) is 11.4 Å². The van der Waals surface area contributed by atoms with Crippen molar-refractivity contribution < 1.29 is 26.9 Å². The van der Waals surface area contributed by atoms with E-state index in [1.54, 1.807) is 13.8 Å². The predicted molar refractivity (Wildman–Crippen MR) is 102 cm³/mol. The summed E-state index contributed by atoms with van der Waals surface area (Å²) in [6, 6.07) is 11.3. The van der Waals surface area contributed by atoms with Crippen molar-refractivity contribution in [1.29, 1.82) is 0 Å². The Morgan fingerprint density at radius 1 is 0.815 bits per heavy atom. The third-order valence-electron chi connectivity index (χ3n) is 3.37. The van der Waals surface area contributed by atoms with E-state index in [9.17, 15) is 0 Å². The van der Waals surface area contributed by atoms with Crippen LogP contribution in [0.3, 0.4) is 0 Å². The van der Waals surface area contributed by atoms with Crippen molar-refractivity contribution in [1.82, 2.24) is 20.6 Å². The number of hydrogen-bond acceptors (Lipinski definition) is 8. The second-order valence-corrected chi connectivity index (χ2v) is 5.46. The van der Waals surface area contributed by atoms with E-state index in [1.165, 1.54) is 0 Å². The number of hydrogen-bond donors (Lipinski definition) is 4. The Labute approximate surface area is 169 Å². The van der Waals surface area contributed by atoms with Gasteiger partial charge in [-0.2, -0.15) is 0 Å². The molecule has 2 rings (SSSR count). The molecule has 0 saturated carbocycles. The van der Waals surface area contributed by atoms with Crippen LogP contribution in [0, 0.1) is 0 Å². The SMILES string of the molecule is CNCc1cccc(/C(C)=N/O)n1.CNCc1cccc(/C(C)=N/O)n1.[Ni]. The van der Waals surface area contributed by atoms with Crippen LogP contribution in [0.2, 0.25) is 0 Å². The molecule has 0 bridgehead atoms. The Morgan fingerprint density at radius 2 is 1.19 bits per heavy atom. The number of oxime groups is 2. The van der Waals surface area contributed by atoms with E-state index in [2.05, 4.69) is 30.9 Å². The minimum absolute atomic E-state index is 0. The van der Waals surface area contributed by atoms with Gasteiger partial charge in [-0.1, -0.05) is 22.4 Å². The second kappa shape index (κ2) is 13.8. The molecular formula is C18H26N6NiO2. The standard InChI is InChI=1S/2C9H13N3O.Ni/c2*1-7(12-13)9-5-3-4-8(11-9)6-10-2;/h2*3-5,10,13H,6H2,1-2H3;/b2*12-7+;. The molecule has 0 unspecified atom stereocenters. The molecule has 0 spiro atoms. The van der Waals surface area contributed by atoms with Crippen molar-refractivity contribution in [3.8, 4) is 0 Å². The van der Waals surface area contributed by atoms with Gasteiger partial charge in [0.15, 0.2) is 0 Å². The summed E-state index contributed by atoms with van der Waals surface area (Å²) in [5, 5.41) is 29.3. The van der Waals surface area contributed by atoms with Crippen LogP contribution in [0.5, 0.6) is 0 Å². The molecule has 27 heavy (non-hydrogen) atoms. The fourth-order valence-corrected chi connectivity index (χ4v) is 2.02. The van der Waals surface area contributed by atoms with E-state index in [0.29, 0.717) is 35.9 Å². The van der Waals surface area contributed by atoms with Gasteiger partial charge in [0, 0.05) is 29.6 Å². The van der Waals surface area contributed by atoms with Gasteiger partial charge in [0.25, 0.3) is 0 Å². The molecular weight excluding hydrogens is 391 g/mol. The van der Waals surface area contributed by atoms with Crippen LogP contribution >= 0.6 is 0 Å². The van der Waals surface area contributed by atoms with Crippen LogP contribution < -0.4 is 10.6 Å². The third-order valence-corrected chi connectivity index (χ3v) is 3.37. The monoisotopic (exact) mass is 416 g/mol. The summed E-state index contributed by atoms with van der Waals surface area (Å²) in [4.78, 5) is 8.56. The van der Waals surface area contributed by atoms with E-state index in [-0.39, 0.29) is 16.5 Å². The number of nitrogens with zero attached hydrogens (tertiary/aromatic N) is 4. The van der Waals surface area contributed by atoms with Crippen molar-refractivity contribution in [2.24, 2.45) is 10.3 Å². The van der Waals surface area contributed by atoms with Crippen LogP contribution in [0.4, 0.5) is 0 Å². The third kappa shape index (κ3) is 8.72. The van der Waals surface area contributed by atoms with Crippen molar-refractivity contribution in [2.75, 3.05) is 14.1 Å². The molecule has 2 aromatic heterocycles. The average molecular weight is 417 g/mol. The first-order valence-corrected chi connectivity index (χ1v) is 8.14. The van der Waals surface area contributed by atoms with Crippen molar-refractivity contribution in [2.45, 2.75) is 26.9 Å². The minimum atomic E-state index is 0. The van der Waals surface area contributed by atoms with Gasteiger partial charge in [-0.05, 0) is 52.2 Å². The first kappa shape index (κ1) is 24.7. The molecule has 0 saturated heterocycles. The molecule has 2 aromatic rings. The minimum Gasteiger partial charge on any atom is -0.411 e. The van der Waals surface area contributed by atoms with Gasteiger partial charge in [-0.15, -0.1) is 0 Å². The summed E-state index contributed by atoms with van der Waals surface area (Å²) >= 11 is 0. The summed E-state index contributed by atoms with van der Waals surface area (Å²) < 4.78 is 0. The zero-order valence-electron chi connectivity index (χ0n) is 15.9. The maximum Gasteiger partial charge on any atom is 0.102 e. The maximum absolute atomic E-state index is 8.54. The van der Waals surface area contributed by atoms with Crippen LogP contribution in [0.25, 0.3) is 0 Å². The zero-order valence-corrected chi connectivity index (χ0v) is 16.9. The van der Waals surface area contributed by atoms with Gasteiger partial charge in [-0.25, -0.2) is 0 Å². The van der Waals surface area contributed by atoms with Gasteiger partial charge in [0.05, 0.1) is 22.8 Å². The number of rotatable bonds is 6. The number of aromatic nitrogens is 2. The Bertz CT molecular complexity index is 689. The van der Waals surface area contributed by atoms with Crippen molar-refractivity contribution in [3.63, 3.8) is 0 Å². The molecule has 0 amide bonds. The molecule has 150 valence electrons. The van der Waals surface area contributed by atoms with Crippen LogP contribution in [-0.2, 0) is 29.6 Å². The average Bonchev–Trinajstić information content (AvgIpc) is 2.68. The van der Waals surface area contributed by atoms with Gasteiger partial charge in [-0.3, -0.25) is 9.97 Å². The summed E-state index contributed by atoms with van der Waals surface area (Å²) in [5.74, 6) is 0. The van der Waals surface area contributed by atoms with Crippen molar-refractivity contribution in [3.05, 3.63) is 59.2 Å². The topological polar surface area (TPSA) is 115 Å². The smallest absolute Gasteiger partial charge is 0.102 e. The second-order valence-electron chi connectivity index (χ2n) is 5.46. The van der Waals surface area contributed by atoms with Gasteiger partial charge in [0.2, 0.25) is 0 Å². The molecule has 0 radical (unpaired) electrons. The molecule has 0 aliphatic rings. The first-order valence-electron chi connectivity index (χ1n) is 8.14. The molecule has 0 fully saturated rings. The Kier molecular flexibility index (Phi) is 12.6. The first-order chi connectivity index (χ1) is 12.5. The van der Waals surface area contributed by atoms with E-state index < -0.39 is 0 Å². The van der Waals surface area contributed by atoms with E-state index >= 15 is 0 Å². The molecule has 2 heterocycles. The van der Waals surface area contributed by atoms with Crippen molar-refractivity contribution >= 4 is 11.4 Å². The summed E-state index contributed by atoms with van der Waals surface area (Å²) in [7, 11) is 3.72. The fraction of sp³-hybridized carbons (Fsp3) is 0.333. The Hall–Kier alpha value is -2.35. The van der Waals surface area contributed by atoms with Crippen LogP contribution in [-0.4, -0.2) is 45.9 Å². The molecule has 0 atom stereocenters. The molecule has 0 aromatic carbocycles. The molecule has 0 aliphatic heterocycles. The zero-order chi connectivity index (χ0) is 19.4. The Morgan fingerprint density at radius 3 is 1.48 bits per heavy atom. The predicted octanol–water partition coefficient (Wildman–Crippen LogP) is 2.00. The van der Waals surface area contributed by atoms with E-state index in [1.807, 2.05) is 50.5 Å². The van der Waals surface area contributed by atoms with Crippen LogP contribution in [0.1, 0.15) is 36.6 Å². The quantitative estimate of drug-likeness (QED) is 0.248. The molecule has 4 N–H and O–H groups in total.